The standard InChI is InChI=1S/C47H59N7O14/c1-26(2)20-32(52-46(66)40(28(4)55)54-45(65)33(21-29-14-8-5-9-15-29)49-37(56)23-31-18-12-7-13-19-31)43(63)51-34(24-38(57)58)42(62)48-27(3)41(61)50-35(25-39(59)60)44(64)53-36(47(67)68)22-30-16-10-6-11-17-30/h5-19,26-28,32-36,40,55H,20-25H2,1-4H3,(H,48,62)(H,49,56)(H,50,61)(H,51,63)(H,52,66)(H,53,64)(H,54,65)(H,57,58)(H,59,60)(H,67,68)/t27-,28+,32-,33-,34-,35-,36-,40-/m0/s1. The van der Waals surface area contributed by atoms with E-state index in [1.807, 2.05) is 0 Å². The lowest BCUT2D eigenvalue weighted by Gasteiger charge is -2.28. The summed E-state index contributed by atoms with van der Waals surface area (Å²) in [6, 6.07) is 14.5. The van der Waals surface area contributed by atoms with Gasteiger partial charge >= 0.3 is 17.9 Å². The van der Waals surface area contributed by atoms with Crippen molar-refractivity contribution in [2.24, 2.45) is 5.92 Å². The number of aliphatic hydroxyl groups is 1. The van der Waals surface area contributed by atoms with Crippen LogP contribution in [0.4, 0.5) is 0 Å². The highest BCUT2D eigenvalue weighted by atomic mass is 16.4. The zero-order chi connectivity index (χ0) is 50.5. The molecule has 0 fully saturated rings. The maximum Gasteiger partial charge on any atom is 0.326 e. The van der Waals surface area contributed by atoms with Crippen molar-refractivity contribution in [2.45, 2.75) is 115 Å². The van der Waals surface area contributed by atoms with Crippen molar-refractivity contribution in [2.75, 3.05) is 0 Å². The quantitative estimate of drug-likeness (QED) is 0.0463. The first-order valence-corrected chi connectivity index (χ1v) is 21.7. The van der Waals surface area contributed by atoms with Crippen LogP contribution in [0.25, 0.3) is 0 Å². The number of hydrogen-bond acceptors (Lipinski definition) is 11. The summed E-state index contributed by atoms with van der Waals surface area (Å²) in [4.78, 5) is 130. The number of hydrogen-bond donors (Lipinski definition) is 11. The molecule has 0 aliphatic carbocycles. The molecule has 21 heteroatoms. The number of rotatable bonds is 27. The van der Waals surface area contributed by atoms with Crippen molar-refractivity contribution in [3.63, 3.8) is 0 Å². The highest BCUT2D eigenvalue weighted by Crippen LogP contribution is 2.11. The first-order valence-electron chi connectivity index (χ1n) is 21.7. The summed E-state index contributed by atoms with van der Waals surface area (Å²) in [7, 11) is 0. The minimum Gasteiger partial charge on any atom is -0.481 e. The van der Waals surface area contributed by atoms with E-state index in [1.54, 1.807) is 105 Å². The summed E-state index contributed by atoms with van der Waals surface area (Å²) in [6.07, 6.45) is -3.88. The van der Waals surface area contributed by atoms with Crippen molar-refractivity contribution in [3.05, 3.63) is 108 Å². The van der Waals surface area contributed by atoms with Crippen molar-refractivity contribution in [1.82, 2.24) is 37.2 Å². The van der Waals surface area contributed by atoms with Crippen LogP contribution >= 0.6 is 0 Å². The van der Waals surface area contributed by atoms with E-state index in [1.165, 1.54) is 6.92 Å². The van der Waals surface area contributed by atoms with E-state index in [0.29, 0.717) is 16.7 Å². The molecule has 0 saturated carbocycles. The fourth-order valence-corrected chi connectivity index (χ4v) is 6.75. The van der Waals surface area contributed by atoms with Gasteiger partial charge in [-0.3, -0.25) is 43.2 Å². The van der Waals surface area contributed by atoms with Gasteiger partial charge in [0.1, 0.15) is 42.3 Å². The summed E-state index contributed by atoms with van der Waals surface area (Å²) < 4.78 is 0. The van der Waals surface area contributed by atoms with E-state index in [0.717, 1.165) is 6.92 Å². The van der Waals surface area contributed by atoms with Crippen LogP contribution in [0.15, 0.2) is 91.0 Å². The van der Waals surface area contributed by atoms with E-state index < -0.39 is 120 Å². The van der Waals surface area contributed by atoms with Crippen LogP contribution in [0.5, 0.6) is 0 Å². The molecule has 3 aromatic carbocycles. The molecule has 366 valence electrons. The van der Waals surface area contributed by atoms with Gasteiger partial charge in [0.05, 0.1) is 25.4 Å². The van der Waals surface area contributed by atoms with Gasteiger partial charge in [0.15, 0.2) is 0 Å². The highest BCUT2D eigenvalue weighted by Gasteiger charge is 2.36. The Morgan fingerprint density at radius 1 is 0.441 bits per heavy atom. The Bertz CT molecular complexity index is 2230. The first kappa shape index (κ1) is 54.7. The van der Waals surface area contributed by atoms with Crippen LogP contribution in [0.2, 0.25) is 0 Å². The molecule has 0 spiro atoms. The number of carboxylic acid groups (broad SMARTS) is 3. The van der Waals surface area contributed by atoms with Gasteiger partial charge in [-0.1, -0.05) is 105 Å². The Balaban J connectivity index is 1.74. The largest absolute Gasteiger partial charge is 0.481 e. The third-order valence-corrected chi connectivity index (χ3v) is 10.2. The minimum absolute atomic E-state index is 0.00763. The van der Waals surface area contributed by atoms with Gasteiger partial charge in [0, 0.05) is 12.8 Å². The SMILES string of the molecule is CC(C)C[C@H](NC(=O)[C@@H](NC(=O)[C@H](Cc1ccccc1)NC(=O)Cc1ccccc1)[C@@H](C)O)C(=O)N[C@@H](CC(=O)O)C(=O)N[C@@H](C)C(=O)N[C@@H](CC(=O)O)C(=O)N[C@@H](Cc1ccccc1)C(=O)O. The van der Waals surface area contributed by atoms with Gasteiger partial charge in [-0.2, -0.15) is 0 Å². The average molecular weight is 946 g/mol. The van der Waals surface area contributed by atoms with E-state index >= 15 is 0 Å². The number of carboxylic acids is 3. The van der Waals surface area contributed by atoms with E-state index in [-0.39, 0.29) is 31.6 Å². The number of amides is 7. The lowest BCUT2D eigenvalue weighted by Crippen LogP contribution is -2.61. The summed E-state index contributed by atoms with van der Waals surface area (Å²) in [5.41, 5.74) is 1.89. The lowest BCUT2D eigenvalue weighted by atomic mass is 10.0. The number of aliphatic carboxylic acids is 3. The molecule has 3 aromatic rings. The number of carbonyl (C=O) groups excluding carboxylic acids is 7. The molecule has 0 bridgehead atoms. The van der Waals surface area contributed by atoms with Gasteiger partial charge in [0.2, 0.25) is 41.4 Å². The van der Waals surface area contributed by atoms with Crippen molar-refractivity contribution in [1.29, 1.82) is 0 Å². The molecule has 0 saturated heterocycles. The molecule has 0 heterocycles. The summed E-state index contributed by atoms with van der Waals surface area (Å²) in [5.74, 6) is -11.8. The summed E-state index contributed by atoms with van der Waals surface area (Å²) in [5, 5.41) is 56.0. The number of nitrogens with one attached hydrogen (secondary N) is 7. The molecular formula is C47H59N7O14. The minimum atomic E-state index is -1.88. The Labute approximate surface area is 392 Å². The monoisotopic (exact) mass is 945 g/mol. The van der Waals surface area contributed by atoms with Gasteiger partial charge in [-0.25, -0.2) is 4.79 Å². The molecule has 0 aliphatic rings. The molecular weight excluding hydrogens is 887 g/mol. The van der Waals surface area contributed by atoms with Crippen LogP contribution in [0.3, 0.4) is 0 Å². The predicted octanol–water partition coefficient (Wildman–Crippen LogP) is -0.411. The maximum atomic E-state index is 13.8. The Hall–Kier alpha value is -7.68. The third kappa shape index (κ3) is 19.0. The Kier molecular flexibility index (Phi) is 21.8. The van der Waals surface area contributed by atoms with Gasteiger partial charge < -0.3 is 57.6 Å². The average Bonchev–Trinajstić information content (AvgIpc) is 3.27. The topological polar surface area (TPSA) is 336 Å². The van der Waals surface area contributed by atoms with Gasteiger partial charge in [0.25, 0.3) is 0 Å². The van der Waals surface area contributed by atoms with Crippen molar-refractivity contribution >= 4 is 59.3 Å². The summed E-state index contributed by atoms with van der Waals surface area (Å²) >= 11 is 0. The van der Waals surface area contributed by atoms with Gasteiger partial charge in [-0.15, -0.1) is 0 Å². The summed E-state index contributed by atoms with van der Waals surface area (Å²) in [6.45, 7) is 5.71. The molecule has 7 amide bonds. The van der Waals surface area contributed by atoms with E-state index in [2.05, 4.69) is 37.2 Å². The van der Waals surface area contributed by atoms with Crippen LogP contribution in [-0.2, 0) is 67.2 Å². The molecule has 8 atom stereocenters. The Morgan fingerprint density at radius 3 is 1.29 bits per heavy atom. The fourth-order valence-electron chi connectivity index (χ4n) is 6.75. The Morgan fingerprint density at radius 2 is 0.838 bits per heavy atom. The molecule has 68 heavy (non-hydrogen) atoms. The molecule has 11 N–H and O–H groups in total. The lowest BCUT2D eigenvalue weighted by molar-refractivity contribution is -0.143. The van der Waals surface area contributed by atoms with Crippen LogP contribution in [-0.4, -0.2) is 128 Å². The van der Waals surface area contributed by atoms with Crippen molar-refractivity contribution in [3.8, 4) is 0 Å². The van der Waals surface area contributed by atoms with E-state index in [4.69, 9.17) is 0 Å². The number of aliphatic hydroxyl groups excluding tert-OH is 1. The molecule has 0 unspecified atom stereocenters. The highest BCUT2D eigenvalue weighted by molar-refractivity contribution is 5.99. The predicted molar refractivity (Wildman–Crippen MR) is 243 cm³/mol. The van der Waals surface area contributed by atoms with Crippen molar-refractivity contribution < 1.29 is 68.4 Å². The maximum absolute atomic E-state index is 13.8. The molecule has 0 aromatic heterocycles. The smallest absolute Gasteiger partial charge is 0.326 e. The van der Waals surface area contributed by atoms with Gasteiger partial charge in [-0.05, 0) is 42.9 Å². The second kappa shape index (κ2) is 27.1. The second-order valence-corrected chi connectivity index (χ2v) is 16.5. The van der Waals surface area contributed by atoms with Crippen LogP contribution in [0.1, 0.15) is 63.6 Å². The zero-order valence-corrected chi connectivity index (χ0v) is 38.0. The zero-order valence-electron chi connectivity index (χ0n) is 38.0. The normalized spacial score (nSPS) is 14.4. The molecule has 21 nitrogen and oxygen atoms in total. The molecule has 0 radical (unpaired) electrons. The second-order valence-electron chi connectivity index (χ2n) is 16.5. The van der Waals surface area contributed by atoms with Crippen LogP contribution in [0, 0.1) is 5.92 Å². The number of carbonyl (C=O) groups is 10. The first-order chi connectivity index (χ1) is 32.1. The van der Waals surface area contributed by atoms with Crippen LogP contribution < -0.4 is 37.2 Å². The third-order valence-electron chi connectivity index (χ3n) is 10.2. The van der Waals surface area contributed by atoms with E-state index in [9.17, 15) is 68.4 Å². The molecule has 0 aliphatic heterocycles. The fraction of sp³-hybridized carbons (Fsp3) is 0.404. The molecule has 3 rings (SSSR count). The number of benzene rings is 3.